The topological polar surface area (TPSA) is 85.6 Å². The monoisotopic (exact) mass is 416 g/mol. The van der Waals surface area contributed by atoms with Gasteiger partial charge in [-0.15, -0.1) is 5.10 Å². The molecule has 0 radical (unpaired) electrons. The van der Waals surface area contributed by atoms with Gasteiger partial charge in [0, 0.05) is 0 Å². The third-order valence-corrected chi connectivity index (χ3v) is 4.77. The molecule has 0 atom stereocenters. The van der Waals surface area contributed by atoms with Gasteiger partial charge in [-0.1, -0.05) is 16.8 Å². The van der Waals surface area contributed by atoms with E-state index in [4.69, 9.17) is 11.6 Å². The van der Waals surface area contributed by atoms with Crippen molar-refractivity contribution in [2.45, 2.75) is 26.6 Å². The second kappa shape index (κ2) is 7.24. The Kier molecular flexibility index (Phi) is 5.16. The van der Waals surface area contributed by atoms with E-state index in [0.29, 0.717) is 11.4 Å². The summed E-state index contributed by atoms with van der Waals surface area (Å²) in [4.78, 5) is 12.4. The third-order valence-electron chi connectivity index (χ3n) is 3.79. The minimum atomic E-state index is -4.55. The van der Waals surface area contributed by atoms with Crippen LogP contribution in [-0.2, 0) is 12.7 Å². The predicted molar refractivity (Wildman–Crippen MR) is 92.9 cm³/mol. The first-order valence-corrected chi connectivity index (χ1v) is 8.64. The molecule has 0 aliphatic heterocycles. The summed E-state index contributed by atoms with van der Waals surface area (Å²) in [5.74, 6) is -0.715. The largest absolute Gasteiger partial charge is 0.416 e. The standard InChI is InChI=1S/C15H12ClF3N6OS/c1-7-12(23-27-22-7)6-25-8(2)13(21-24-25)14(26)20-11-5-9(15(17,18)19)3-4-10(11)16/h3-5H,6H2,1-2H3,(H,20,26). The summed E-state index contributed by atoms with van der Waals surface area (Å²) in [6.07, 6.45) is -4.55. The fraction of sp³-hybridized carbons (Fsp3) is 0.267. The fourth-order valence-electron chi connectivity index (χ4n) is 2.23. The van der Waals surface area contributed by atoms with Crippen molar-refractivity contribution in [2.24, 2.45) is 0 Å². The van der Waals surface area contributed by atoms with Crippen molar-refractivity contribution in [3.05, 3.63) is 51.6 Å². The van der Waals surface area contributed by atoms with E-state index in [1.54, 1.807) is 13.8 Å². The van der Waals surface area contributed by atoms with Crippen LogP contribution in [0, 0.1) is 13.8 Å². The highest BCUT2D eigenvalue weighted by Crippen LogP contribution is 2.34. The Hall–Kier alpha value is -2.53. The van der Waals surface area contributed by atoms with Gasteiger partial charge in [-0.3, -0.25) is 4.79 Å². The number of carbonyl (C=O) groups is 1. The maximum Gasteiger partial charge on any atom is 0.416 e. The number of benzene rings is 1. The number of hydrogen-bond donors (Lipinski definition) is 1. The maximum atomic E-state index is 12.8. The minimum Gasteiger partial charge on any atom is -0.319 e. The highest BCUT2D eigenvalue weighted by molar-refractivity contribution is 6.99. The number of aryl methyl sites for hydroxylation is 1. The van der Waals surface area contributed by atoms with Crippen LogP contribution < -0.4 is 5.32 Å². The molecule has 3 rings (SSSR count). The van der Waals surface area contributed by atoms with Gasteiger partial charge in [0.15, 0.2) is 5.69 Å². The lowest BCUT2D eigenvalue weighted by molar-refractivity contribution is -0.137. The van der Waals surface area contributed by atoms with Gasteiger partial charge in [0.1, 0.15) is 0 Å². The molecule has 27 heavy (non-hydrogen) atoms. The molecule has 0 spiro atoms. The molecular formula is C15H12ClF3N6OS. The van der Waals surface area contributed by atoms with Crippen LogP contribution >= 0.6 is 23.3 Å². The van der Waals surface area contributed by atoms with Crippen LogP contribution in [-0.4, -0.2) is 29.6 Å². The quantitative estimate of drug-likeness (QED) is 0.700. The Morgan fingerprint density at radius 1 is 1.30 bits per heavy atom. The van der Waals surface area contributed by atoms with Gasteiger partial charge in [-0.05, 0) is 32.0 Å². The number of carbonyl (C=O) groups excluding carboxylic acids is 1. The predicted octanol–water partition coefficient (Wildman–Crippen LogP) is 3.72. The number of nitrogens with one attached hydrogen (secondary N) is 1. The third kappa shape index (κ3) is 4.08. The van der Waals surface area contributed by atoms with Crippen molar-refractivity contribution >= 4 is 34.9 Å². The summed E-state index contributed by atoms with van der Waals surface area (Å²) >= 11 is 6.96. The molecule has 0 bridgehead atoms. The summed E-state index contributed by atoms with van der Waals surface area (Å²) in [5.41, 5.74) is 0.768. The second-order valence-corrected chi connectivity index (χ2v) is 6.56. The average Bonchev–Trinajstić information content (AvgIpc) is 3.15. The van der Waals surface area contributed by atoms with Crippen molar-refractivity contribution in [3.8, 4) is 0 Å². The van der Waals surface area contributed by atoms with E-state index in [1.165, 1.54) is 4.68 Å². The molecule has 1 aromatic carbocycles. The van der Waals surface area contributed by atoms with Crippen LogP contribution in [0.4, 0.5) is 18.9 Å². The van der Waals surface area contributed by atoms with Crippen molar-refractivity contribution in [3.63, 3.8) is 0 Å². The molecule has 2 aromatic heterocycles. The van der Waals surface area contributed by atoms with Gasteiger partial charge in [0.25, 0.3) is 5.91 Å². The van der Waals surface area contributed by atoms with Crippen LogP contribution in [0.15, 0.2) is 18.2 Å². The summed E-state index contributed by atoms with van der Waals surface area (Å²) in [6, 6.07) is 2.68. The molecule has 0 aliphatic carbocycles. The van der Waals surface area contributed by atoms with Crippen LogP contribution in [0.5, 0.6) is 0 Å². The van der Waals surface area contributed by atoms with Crippen molar-refractivity contribution in [2.75, 3.05) is 5.32 Å². The van der Waals surface area contributed by atoms with E-state index >= 15 is 0 Å². The molecule has 7 nitrogen and oxygen atoms in total. The Morgan fingerprint density at radius 3 is 2.67 bits per heavy atom. The number of halogens is 4. The number of anilines is 1. The molecule has 0 aliphatic rings. The fourth-order valence-corrected chi connectivity index (χ4v) is 2.96. The minimum absolute atomic E-state index is 0.0226. The van der Waals surface area contributed by atoms with E-state index in [1.807, 2.05) is 0 Å². The molecule has 3 aromatic rings. The SMILES string of the molecule is Cc1nsnc1Cn1nnc(C(=O)Nc2cc(C(F)(F)F)ccc2Cl)c1C. The lowest BCUT2D eigenvalue weighted by atomic mass is 10.2. The molecule has 1 amide bonds. The van der Waals surface area contributed by atoms with Crippen LogP contribution in [0.25, 0.3) is 0 Å². The molecule has 2 heterocycles. The second-order valence-electron chi connectivity index (χ2n) is 5.62. The normalized spacial score (nSPS) is 11.6. The number of rotatable bonds is 4. The van der Waals surface area contributed by atoms with Crippen molar-refractivity contribution in [1.29, 1.82) is 0 Å². The Bertz CT molecular complexity index is 1000. The van der Waals surface area contributed by atoms with Crippen LogP contribution in [0.1, 0.15) is 33.1 Å². The van der Waals surface area contributed by atoms with Crippen LogP contribution in [0.3, 0.4) is 0 Å². The molecule has 12 heteroatoms. The Morgan fingerprint density at radius 2 is 2.04 bits per heavy atom. The number of nitrogens with zero attached hydrogens (tertiary/aromatic N) is 5. The lowest BCUT2D eigenvalue weighted by Crippen LogP contribution is -2.16. The summed E-state index contributed by atoms with van der Waals surface area (Å²) in [6.45, 7) is 3.70. The van der Waals surface area contributed by atoms with Crippen molar-refractivity contribution in [1.82, 2.24) is 23.7 Å². The zero-order valence-electron chi connectivity index (χ0n) is 14.0. The average molecular weight is 417 g/mol. The Balaban J connectivity index is 1.82. The molecule has 0 fully saturated rings. The molecule has 142 valence electrons. The van der Waals surface area contributed by atoms with Gasteiger partial charge in [-0.25, -0.2) is 4.68 Å². The van der Waals surface area contributed by atoms with Gasteiger partial charge in [-0.2, -0.15) is 21.9 Å². The molecule has 0 unspecified atom stereocenters. The van der Waals surface area contributed by atoms with Gasteiger partial charge in [0.05, 0.1) is 51.6 Å². The molecule has 1 N–H and O–H groups in total. The van der Waals surface area contributed by atoms with Crippen molar-refractivity contribution < 1.29 is 18.0 Å². The smallest absolute Gasteiger partial charge is 0.319 e. The van der Waals surface area contributed by atoms with Crippen LogP contribution in [0.2, 0.25) is 5.02 Å². The maximum absolute atomic E-state index is 12.8. The van der Waals surface area contributed by atoms with Gasteiger partial charge in [0.2, 0.25) is 0 Å². The molecular weight excluding hydrogens is 405 g/mol. The zero-order chi connectivity index (χ0) is 19.8. The zero-order valence-corrected chi connectivity index (χ0v) is 15.6. The number of alkyl halides is 3. The first-order chi connectivity index (χ1) is 12.7. The summed E-state index contributed by atoms with van der Waals surface area (Å²) < 4.78 is 48.2. The first-order valence-electron chi connectivity index (χ1n) is 7.53. The van der Waals surface area contributed by atoms with E-state index in [0.717, 1.165) is 35.6 Å². The number of aromatic nitrogens is 5. The lowest BCUT2D eigenvalue weighted by Gasteiger charge is -2.11. The molecule has 0 saturated carbocycles. The Labute approximate surface area is 160 Å². The number of amides is 1. The van der Waals surface area contributed by atoms with E-state index < -0.39 is 17.6 Å². The molecule has 0 saturated heterocycles. The van der Waals surface area contributed by atoms with E-state index in [9.17, 15) is 18.0 Å². The van der Waals surface area contributed by atoms with E-state index in [-0.39, 0.29) is 22.9 Å². The highest BCUT2D eigenvalue weighted by Gasteiger charge is 2.31. The summed E-state index contributed by atoms with van der Waals surface area (Å²) in [5, 5.41) is 10.0. The number of hydrogen-bond acceptors (Lipinski definition) is 6. The van der Waals surface area contributed by atoms with Gasteiger partial charge < -0.3 is 5.32 Å². The highest BCUT2D eigenvalue weighted by atomic mass is 35.5. The van der Waals surface area contributed by atoms with Gasteiger partial charge >= 0.3 is 6.18 Å². The first kappa shape index (κ1) is 19.2. The summed E-state index contributed by atoms with van der Waals surface area (Å²) in [7, 11) is 0. The van der Waals surface area contributed by atoms with E-state index in [2.05, 4.69) is 24.4 Å².